The highest BCUT2D eigenvalue weighted by Crippen LogP contribution is 2.70. The standard InChI is InChI=1S/C23H14N2O/c24-11-22-15-5-1-3-7-17(15)23(12-25,18-8-4-2-6-16(18)22)20-19(22)13-9-10-14(13)21(20)26/h1-10,13-14,19-20H/t13-,14+,19+,20+,22?,23?/m0/s1. The third-order valence-corrected chi connectivity index (χ3v) is 7.24. The molecule has 3 heteroatoms. The van der Waals surface area contributed by atoms with Gasteiger partial charge in [-0.25, -0.2) is 0 Å². The van der Waals surface area contributed by atoms with Gasteiger partial charge in [0.1, 0.15) is 16.6 Å². The molecular weight excluding hydrogens is 320 g/mol. The minimum absolute atomic E-state index is 0.0570. The third-order valence-electron chi connectivity index (χ3n) is 7.24. The summed E-state index contributed by atoms with van der Waals surface area (Å²) in [5.41, 5.74) is 1.66. The van der Waals surface area contributed by atoms with Crippen molar-refractivity contribution in [1.29, 1.82) is 10.5 Å². The summed E-state index contributed by atoms with van der Waals surface area (Å²) >= 11 is 0. The fraction of sp³-hybridized carbons (Fsp3) is 0.261. The number of carbonyl (C=O) groups excluding carboxylic acids is 1. The van der Waals surface area contributed by atoms with Crippen LogP contribution in [-0.2, 0) is 15.6 Å². The highest BCUT2D eigenvalue weighted by molar-refractivity contribution is 5.96. The van der Waals surface area contributed by atoms with Gasteiger partial charge in [-0.15, -0.1) is 0 Å². The van der Waals surface area contributed by atoms with E-state index < -0.39 is 16.7 Å². The first-order valence-corrected chi connectivity index (χ1v) is 8.96. The van der Waals surface area contributed by atoms with Crippen LogP contribution in [0, 0.1) is 46.3 Å². The van der Waals surface area contributed by atoms with Crippen molar-refractivity contribution < 1.29 is 4.79 Å². The molecule has 0 unspecified atom stereocenters. The first-order chi connectivity index (χ1) is 12.7. The number of nitrogens with zero attached hydrogens (tertiary/aromatic N) is 2. The molecule has 5 aliphatic carbocycles. The van der Waals surface area contributed by atoms with E-state index in [4.69, 9.17) is 0 Å². The Labute approximate surface area is 151 Å². The number of hydrogen-bond donors (Lipinski definition) is 0. The predicted octanol–water partition coefficient (Wildman–Crippen LogP) is 3.25. The van der Waals surface area contributed by atoms with Crippen molar-refractivity contribution in [2.24, 2.45) is 23.7 Å². The minimum Gasteiger partial charge on any atom is -0.299 e. The lowest BCUT2D eigenvalue weighted by atomic mass is 9.41. The molecule has 26 heavy (non-hydrogen) atoms. The van der Waals surface area contributed by atoms with Gasteiger partial charge in [-0.2, -0.15) is 10.5 Å². The number of Topliss-reactive ketones (excluding diaryl/α,β-unsaturated/α-hetero) is 1. The summed E-state index contributed by atoms with van der Waals surface area (Å²) in [5.74, 6) is -0.579. The topological polar surface area (TPSA) is 64.7 Å². The zero-order valence-corrected chi connectivity index (χ0v) is 13.9. The second kappa shape index (κ2) is 4.14. The number of nitriles is 2. The van der Waals surface area contributed by atoms with Crippen LogP contribution >= 0.6 is 0 Å². The average Bonchev–Trinajstić information content (AvgIpc) is 2.87. The maximum Gasteiger partial charge on any atom is 0.146 e. The molecule has 0 spiro atoms. The maximum absolute atomic E-state index is 13.3. The zero-order valence-electron chi connectivity index (χ0n) is 13.9. The smallest absolute Gasteiger partial charge is 0.146 e. The van der Waals surface area contributed by atoms with E-state index >= 15 is 0 Å². The molecule has 0 heterocycles. The Hall–Kier alpha value is -3.17. The largest absolute Gasteiger partial charge is 0.299 e. The number of allylic oxidation sites excluding steroid dienone is 2. The summed E-state index contributed by atoms with van der Waals surface area (Å²) in [6, 6.07) is 20.8. The lowest BCUT2D eigenvalue weighted by molar-refractivity contribution is -0.125. The van der Waals surface area contributed by atoms with Crippen molar-refractivity contribution in [3.8, 4) is 12.1 Å². The van der Waals surface area contributed by atoms with Crippen LogP contribution in [-0.4, -0.2) is 5.78 Å². The molecule has 2 aromatic rings. The summed E-state index contributed by atoms with van der Waals surface area (Å²) in [7, 11) is 0. The van der Waals surface area contributed by atoms with Gasteiger partial charge in [0.15, 0.2) is 0 Å². The lowest BCUT2D eigenvalue weighted by Crippen LogP contribution is -2.60. The lowest BCUT2D eigenvalue weighted by Gasteiger charge is -2.57. The molecule has 1 fully saturated rings. The second-order valence-electron chi connectivity index (χ2n) is 7.82. The van der Waals surface area contributed by atoms with Gasteiger partial charge >= 0.3 is 0 Å². The predicted molar refractivity (Wildman–Crippen MR) is 93.8 cm³/mol. The van der Waals surface area contributed by atoms with Crippen LogP contribution < -0.4 is 0 Å². The van der Waals surface area contributed by atoms with Gasteiger partial charge in [-0.1, -0.05) is 60.7 Å². The van der Waals surface area contributed by atoms with Crippen molar-refractivity contribution in [2.75, 3.05) is 0 Å². The second-order valence-corrected chi connectivity index (χ2v) is 7.82. The number of fused-ring (bicyclic) bond motifs is 1. The van der Waals surface area contributed by atoms with Crippen molar-refractivity contribution in [3.05, 3.63) is 82.9 Å². The summed E-state index contributed by atoms with van der Waals surface area (Å²) < 4.78 is 0. The molecule has 0 aromatic heterocycles. The molecule has 3 nitrogen and oxygen atoms in total. The molecule has 0 aliphatic heterocycles. The molecule has 4 atom stereocenters. The molecule has 0 amide bonds. The van der Waals surface area contributed by atoms with Crippen LogP contribution in [0.2, 0.25) is 0 Å². The Balaban J connectivity index is 1.86. The van der Waals surface area contributed by atoms with E-state index in [2.05, 4.69) is 18.2 Å². The van der Waals surface area contributed by atoms with Crippen LogP contribution in [0.15, 0.2) is 60.7 Å². The van der Waals surface area contributed by atoms with E-state index in [-0.39, 0.29) is 23.5 Å². The van der Waals surface area contributed by atoms with Crippen LogP contribution in [0.4, 0.5) is 0 Å². The van der Waals surface area contributed by atoms with Gasteiger partial charge in [0, 0.05) is 11.8 Å². The molecule has 1 saturated carbocycles. The van der Waals surface area contributed by atoms with Gasteiger partial charge in [0.2, 0.25) is 0 Å². The Kier molecular flexibility index (Phi) is 2.24. The van der Waals surface area contributed by atoms with Gasteiger partial charge in [-0.3, -0.25) is 4.79 Å². The van der Waals surface area contributed by atoms with Crippen molar-refractivity contribution in [1.82, 2.24) is 0 Å². The third kappa shape index (κ3) is 1.11. The quantitative estimate of drug-likeness (QED) is 0.695. The summed E-state index contributed by atoms with van der Waals surface area (Å²) in [6.45, 7) is 0. The summed E-state index contributed by atoms with van der Waals surface area (Å²) in [5, 5.41) is 21.0. The SMILES string of the molecule is N#CC12c3ccccc3C(C#N)(c3ccccc31)[C@H]1C(=O)[C@@H]3C=C[C@@H]3[C@H]12. The van der Waals surface area contributed by atoms with Gasteiger partial charge < -0.3 is 0 Å². The molecule has 2 aromatic carbocycles. The number of ketones is 1. The number of carbonyl (C=O) groups is 1. The molecule has 0 saturated heterocycles. The van der Waals surface area contributed by atoms with E-state index in [0.29, 0.717) is 0 Å². The van der Waals surface area contributed by atoms with Crippen LogP contribution in [0.3, 0.4) is 0 Å². The van der Waals surface area contributed by atoms with Crippen molar-refractivity contribution >= 4 is 5.78 Å². The first-order valence-electron chi connectivity index (χ1n) is 8.96. The summed E-state index contributed by atoms with van der Waals surface area (Å²) in [4.78, 5) is 13.3. The highest BCUT2D eigenvalue weighted by Gasteiger charge is 2.74. The Bertz CT molecular complexity index is 1080. The van der Waals surface area contributed by atoms with Crippen LogP contribution in [0.25, 0.3) is 0 Å². The van der Waals surface area contributed by atoms with E-state index in [1.54, 1.807) is 0 Å². The molecule has 0 radical (unpaired) electrons. The maximum atomic E-state index is 13.3. The number of rotatable bonds is 0. The Morgan fingerprint density at radius 1 is 0.769 bits per heavy atom. The Morgan fingerprint density at radius 3 is 1.69 bits per heavy atom. The number of hydrogen-bond acceptors (Lipinski definition) is 3. The normalized spacial score (nSPS) is 39.7. The van der Waals surface area contributed by atoms with E-state index in [0.717, 1.165) is 22.3 Å². The molecule has 5 aliphatic rings. The van der Waals surface area contributed by atoms with Crippen molar-refractivity contribution in [2.45, 2.75) is 10.8 Å². The average molecular weight is 334 g/mol. The first kappa shape index (κ1) is 14.0. The molecular formula is C23H14N2O. The fourth-order valence-electron chi connectivity index (χ4n) is 6.32. The van der Waals surface area contributed by atoms with Crippen LogP contribution in [0.5, 0.6) is 0 Å². The minimum atomic E-state index is -0.993. The number of benzene rings is 2. The summed E-state index contributed by atoms with van der Waals surface area (Å²) in [6.07, 6.45) is 4.03. The molecule has 7 rings (SSSR count). The highest BCUT2D eigenvalue weighted by atomic mass is 16.1. The zero-order chi connectivity index (χ0) is 17.7. The van der Waals surface area contributed by atoms with E-state index in [1.807, 2.05) is 54.6 Å². The van der Waals surface area contributed by atoms with Crippen molar-refractivity contribution in [3.63, 3.8) is 0 Å². The molecule has 122 valence electrons. The molecule has 2 bridgehead atoms. The van der Waals surface area contributed by atoms with Gasteiger partial charge in [0.05, 0.1) is 18.1 Å². The fourth-order valence-corrected chi connectivity index (χ4v) is 6.32. The van der Waals surface area contributed by atoms with E-state index in [1.165, 1.54) is 0 Å². The van der Waals surface area contributed by atoms with Gasteiger partial charge in [-0.05, 0) is 28.2 Å². The van der Waals surface area contributed by atoms with Gasteiger partial charge in [0.25, 0.3) is 0 Å². The molecule has 0 N–H and O–H groups in total. The van der Waals surface area contributed by atoms with E-state index in [9.17, 15) is 15.3 Å². The monoisotopic (exact) mass is 334 g/mol. The Morgan fingerprint density at radius 2 is 1.27 bits per heavy atom. The van der Waals surface area contributed by atoms with Crippen LogP contribution in [0.1, 0.15) is 22.3 Å².